The van der Waals surface area contributed by atoms with Crippen molar-refractivity contribution in [3.63, 3.8) is 0 Å². The van der Waals surface area contributed by atoms with E-state index in [0.717, 1.165) is 0 Å². The topological polar surface area (TPSA) is 69.6 Å². The van der Waals surface area contributed by atoms with Gasteiger partial charge in [-0.05, 0) is 10.4 Å². The summed E-state index contributed by atoms with van der Waals surface area (Å²) in [5, 5.41) is 13.7. The lowest BCUT2D eigenvalue weighted by Crippen LogP contribution is -1.92. The maximum absolute atomic E-state index is 4.55. The van der Waals surface area contributed by atoms with Crippen molar-refractivity contribution in [3.05, 3.63) is 18.8 Å². The van der Waals surface area contributed by atoms with Crippen LogP contribution in [0.15, 0.2) is 17.0 Å². The lowest BCUT2D eigenvalue weighted by molar-refractivity contribution is 0.419. The zero-order valence-corrected chi connectivity index (χ0v) is 4.80. The molecule has 0 aliphatic rings. The third-order valence-corrected chi connectivity index (χ3v) is 0.977. The van der Waals surface area contributed by atoms with E-state index in [0.29, 0.717) is 5.69 Å². The molecule has 0 bridgehead atoms. The fourth-order valence-corrected chi connectivity index (χ4v) is 0.556. The van der Waals surface area contributed by atoms with Gasteiger partial charge in [0.25, 0.3) is 0 Å². The summed E-state index contributed by atoms with van der Waals surface area (Å²) in [7, 11) is 0. The molecule has 2 aromatic heterocycles. The molecule has 0 aromatic carbocycles. The minimum absolute atomic E-state index is 0.657. The second-order valence-corrected chi connectivity index (χ2v) is 1.57. The molecule has 0 amide bonds. The van der Waals surface area contributed by atoms with Crippen LogP contribution in [0.4, 0.5) is 0 Å². The maximum atomic E-state index is 4.55. The van der Waals surface area contributed by atoms with Crippen molar-refractivity contribution in [1.29, 1.82) is 0 Å². The zero-order valence-electron chi connectivity index (χ0n) is 4.80. The third kappa shape index (κ3) is 0.661. The molecule has 10 heavy (non-hydrogen) atoms. The van der Waals surface area contributed by atoms with Crippen LogP contribution in [0, 0.1) is 6.33 Å². The molecule has 2 aromatic rings. The fourth-order valence-electron chi connectivity index (χ4n) is 0.556. The van der Waals surface area contributed by atoms with E-state index in [1.807, 2.05) is 0 Å². The van der Waals surface area contributed by atoms with E-state index in [1.54, 1.807) is 0 Å². The highest BCUT2D eigenvalue weighted by molar-refractivity contribution is 5.18. The molecule has 49 valence electrons. The standard InChI is InChI=1S/C4H2N5O/c1-4(2-10-6-1)9-3-5-7-8-9/h1-2H. The van der Waals surface area contributed by atoms with Gasteiger partial charge in [0.15, 0.2) is 0 Å². The summed E-state index contributed by atoms with van der Waals surface area (Å²) in [4.78, 5) is 0. The molecular formula is C4H2N5O. The summed E-state index contributed by atoms with van der Waals surface area (Å²) in [6, 6.07) is 0. The Labute approximate surface area is 55.4 Å². The van der Waals surface area contributed by atoms with Gasteiger partial charge in [0.05, 0.1) is 6.20 Å². The van der Waals surface area contributed by atoms with Gasteiger partial charge < -0.3 is 4.52 Å². The van der Waals surface area contributed by atoms with Crippen LogP contribution in [0.3, 0.4) is 0 Å². The molecule has 1 radical (unpaired) electrons. The van der Waals surface area contributed by atoms with E-state index in [4.69, 9.17) is 0 Å². The lowest BCUT2D eigenvalue weighted by Gasteiger charge is -1.84. The van der Waals surface area contributed by atoms with Crippen molar-refractivity contribution in [3.8, 4) is 5.69 Å². The van der Waals surface area contributed by atoms with Gasteiger partial charge >= 0.3 is 0 Å². The van der Waals surface area contributed by atoms with Crippen LogP contribution in [-0.2, 0) is 0 Å². The summed E-state index contributed by atoms with van der Waals surface area (Å²) < 4.78 is 5.88. The second-order valence-electron chi connectivity index (χ2n) is 1.57. The van der Waals surface area contributed by atoms with Gasteiger partial charge in [0.2, 0.25) is 6.33 Å². The summed E-state index contributed by atoms with van der Waals surface area (Å²) in [6.45, 7) is 0. The average Bonchev–Trinajstić information content (AvgIpc) is 2.59. The lowest BCUT2D eigenvalue weighted by atomic mass is 10.6. The van der Waals surface area contributed by atoms with Crippen LogP contribution in [-0.4, -0.2) is 25.4 Å². The molecule has 0 aliphatic heterocycles. The maximum Gasteiger partial charge on any atom is 0.226 e. The highest BCUT2D eigenvalue weighted by Gasteiger charge is 1.98. The number of tetrazole rings is 1. The Morgan fingerprint density at radius 3 is 3.20 bits per heavy atom. The van der Waals surface area contributed by atoms with Gasteiger partial charge in [-0.15, -0.1) is 5.10 Å². The second kappa shape index (κ2) is 1.90. The molecule has 2 heterocycles. The van der Waals surface area contributed by atoms with Crippen molar-refractivity contribution in [2.75, 3.05) is 0 Å². The number of hydrogen-bond donors (Lipinski definition) is 0. The van der Waals surface area contributed by atoms with E-state index in [9.17, 15) is 0 Å². The van der Waals surface area contributed by atoms with Crippen LogP contribution in [0.2, 0.25) is 0 Å². The molecule has 0 N–H and O–H groups in total. The first kappa shape index (κ1) is 5.10. The van der Waals surface area contributed by atoms with Gasteiger partial charge in [0, 0.05) is 0 Å². The minimum atomic E-state index is 0.657. The number of rotatable bonds is 1. The van der Waals surface area contributed by atoms with Crippen LogP contribution in [0.1, 0.15) is 0 Å². The molecule has 0 fully saturated rings. The smallest absolute Gasteiger partial charge is 0.226 e. The summed E-state index contributed by atoms with van der Waals surface area (Å²) in [5.41, 5.74) is 0.657. The van der Waals surface area contributed by atoms with Crippen molar-refractivity contribution in [1.82, 2.24) is 25.4 Å². The third-order valence-electron chi connectivity index (χ3n) is 0.977. The van der Waals surface area contributed by atoms with Crippen LogP contribution >= 0.6 is 0 Å². The number of hydrogen-bond acceptors (Lipinski definition) is 5. The SMILES string of the molecule is [c]1nnnn1-c1cnoc1. The van der Waals surface area contributed by atoms with Crippen molar-refractivity contribution >= 4 is 0 Å². The van der Waals surface area contributed by atoms with Crippen LogP contribution in [0.25, 0.3) is 5.69 Å². The summed E-state index contributed by atoms with van der Waals surface area (Å²) in [5.74, 6) is 0. The number of aromatic nitrogens is 5. The molecular weight excluding hydrogens is 134 g/mol. The quantitative estimate of drug-likeness (QED) is 0.526. The van der Waals surface area contributed by atoms with E-state index in [2.05, 4.69) is 31.5 Å². The Morgan fingerprint density at radius 1 is 1.60 bits per heavy atom. The van der Waals surface area contributed by atoms with Gasteiger partial charge in [-0.3, -0.25) is 0 Å². The predicted octanol–water partition coefficient (Wildman–Crippen LogP) is -0.550. The average molecular weight is 136 g/mol. The minimum Gasteiger partial charge on any atom is -0.362 e. The van der Waals surface area contributed by atoms with Gasteiger partial charge in [-0.2, -0.15) is 4.68 Å². The monoisotopic (exact) mass is 136 g/mol. The first-order valence-electron chi connectivity index (χ1n) is 2.52. The summed E-state index contributed by atoms with van der Waals surface area (Å²) >= 11 is 0. The van der Waals surface area contributed by atoms with Crippen LogP contribution in [0.5, 0.6) is 0 Å². The van der Waals surface area contributed by atoms with Crippen molar-refractivity contribution in [2.24, 2.45) is 0 Å². The van der Waals surface area contributed by atoms with Crippen molar-refractivity contribution in [2.45, 2.75) is 0 Å². The molecule has 6 heteroatoms. The van der Waals surface area contributed by atoms with Crippen LogP contribution < -0.4 is 0 Å². The number of nitrogens with zero attached hydrogens (tertiary/aromatic N) is 5. The Kier molecular flexibility index (Phi) is 0.970. The van der Waals surface area contributed by atoms with Crippen molar-refractivity contribution < 1.29 is 4.52 Å². The summed E-state index contributed by atoms with van der Waals surface area (Å²) in [6.07, 6.45) is 5.40. The van der Waals surface area contributed by atoms with E-state index >= 15 is 0 Å². The molecule has 0 saturated heterocycles. The molecule has 2 rings (SSSR count). The molecule has 0 aliphatic carbocycles. The largest absolute Gasteiger partial charge is 0.362 e. The Balaban J connectivity index is 2.48. The van der Waals surface area contributed by atoms with E-state index in [1.165, 1.54) is 17.1 Å². The Bertz CT molecular complexity index is 253. The van der Waals surface area contributed by atoms with E-state index in [-0.39, 0.29) is 0 Å². The normalized spacial score (nSPS) is 10.0. The highest BCUT2D eigenvalue weighted by Crippen LogP contribution is 1.99. The van der Waals surface area contributed by atoms with Gasteiger partial charge in [-0.1, -0.05) is 5.16 Å². The fraction of sp³-hybridized carbons (Fsp3) is 0. The van der Waals surface area contributed by atoms with E-state index < -0.39 is 0 Å². The molecule has 6 nitrogen and oxygen atoms in total. The molecule has 0 spiro atoms. The Morgan fingerprint density at radius 2 is 2.60 bits per heavy atom. The Hall–Kier alpha value is -1.72. The zero-order chi connectivity index (χ0) is 6.81. The first-order valence-corrected chi connectivity index (χ1v) is 2.52. The molecule has 0 saturated carbocycles. The molecule has 0 unspecified atom stereocenters. The van der Waals surface area contributed by atoms with Gasteiger partial charge in [-0.25, -0.2) is 0 Å². The molecule has 0 atom stereocenters. The first-order chi connectivity index (χ1) is 4.97. The van der Waals surface area contributed by atoms with Gasteiger partial charge in [0.1, 0.15) is 12.0 Å². The predicted molar refractivity (Wildman–Crippen MR) is 28.1 cm³/mol. The highest BCUT2D eigenvalue weighted by atomic mass is 16.5.